The molecule has 0 aromatic carbocycles. The molecule has 0 saturated carbocycles. The largest absolute Gasteiger partial charge is 0.388 e. The van der Waals surface area contributed by atoms with E-state index in [2.05, 4.69) is 10.1 Å². The Morgan fingerprint density at radius 2 is 2.29 bits per heavy atom. The number of aromatic nitrogens is 3. The number of aryl methyl sites for hydroxylation is 1. The fraction of sp³-hybridized carbons (Fsp3) is 0.556. The van der Waals surface area contributed by atoms with Gasteiger partial charge in [-0.2, -0.15) is 4.98 Å². The number of H-pyrrole nitrogens is 1. The fourth-order valence-electron chi connectivity index (χ4n) is 1.23. The lowest BCUT2D eigenvalue weighted by Crippen LogP contribution is -2.34. The maximum atomic E-state index is 11.1. The average molecular weight is 257 g/mol. The van der Waals surface area contributed by atoms with Crippen LogP contribution in [0.25, 0.3) is 0 Å². The Balaban J connectivity index is 2.94. The van der Waals surface area contributed by atoms with Crippen molar-refractivity contribution in [2.24, 2.45) is 12.8 Å². The second-order valence-electron chi connectivity index (χ2n) is 3.58. The molecular formula is C9H15N5O2S. The Morgan fingerprint density at radius 1 is 1.65 bits per heavy atom. The summed E-state index contributed by atoms with van der Waals surface area (Å²) in [5.41, 5.74) is 3.80. The lowest BCUT2D eigenvalue weighted by molar-refractivity contribution is 0.594. The van der Waals surface area contributed by atoms with Crippen LogP contribution in [0.5, 0.6) is 0 Å². The van der Waals surface area contributed by atoms with Gasteiger partial charge in [-0.3, -0.25) is 24.8 Å². The summed E-state index contributed by atoms with van der Waals surface area (Å²) in [5.74, 6) is 0.0961. The molecular weight excluding hydrogens is 242 g/mol. The standard InChI is InChI=1S/C9H15N5O2S/c1-3-5(4-6(10)11)17-9-12-7(15)8(16)13-14(9)2/h5H,3-4H2,1-2H3,(H3,10,11)(H,13,16). The third-order valence-electron chi connectivity index (χ3n) is 2.12. The molecule has 0 aliphatic carbocycles. The third kappa shape index (κ3) is 3.74. The quantitative estimate of drug-likeness (QED) is 0.289. The summed E-state index contributed by atoms with van der Waals surface area (Å²) in [4.78, 5) is 25.8. The molecule has 0 fully saturated rings. The van der Waals surface area contributed by atoms with Gasteiger partial charge in [0, 0.05) is 18.7 Å². The topological polar surface area (TPSA) is 118 Å². The van der Waals surface area contributed by atoms with E-state index in [4.69, 9.17) is 11.1 Å². The summed E-state index contributed by atoms with van der Waals surface area (Å²) in [6.07, 6.45) is 1.22. The Morgan fingerprint density at radius 3 is 2.82 bits per heavy atom. The van der Waals surface area contributed by atoms with Gasteiger partial charge in [0.25, 0.3) is 0 Å². The predicted molar refractivity (Wildman–Crippen MR) is 66.6 cm³/mol. The molecule has 1 atom stereocenters. The number of nitrogens with two attached hydrogens (primary N) is 1. The van der Waals surface area contributed by atoms with Crippen molar-refractivity contribution in [1.82, 2.24) is 14.8 Å². The van der Waals surface area contributed by atoms with E-state index in [1.165, 1.54) is 16.4 Å². The monoisotopic (exact) mass is 257 g/mol. The van der Waals surface area contributed by atoms with Gasteiger partial charge < -0.3 is 5.73 Å². The molecule has 1 unspecified atom stereocenters. The summed E-state index contributed by atoms with van der Waals surface area (Å²) in [6.45, 7) is 1.96. The Labute approximate surface area is 102 Å². The smallest absolute Gasteiger partial charge is 0.339 e. The van der Waals surface area contributed by atoms with Crippen LogP contribution in [0, 0.1) is 5.41 Å². The van der Waals surface area contributed by atoms with Crippen LogP contribution in [0.1, 0.15) is 19.8 Å². The van der Waals surface area contributed by atoms with Gasteiger partial charge in [-0.15, -0.1) is 0 Å². The van der Waals surface area contributed by atoms with Gasteiger partial charge in [0.2, 0.25) is 0 Å². The van der Waals surface area contributed by atoms with Crippen molar-refractivity contribution in [3.8, 4) is 0 Å². The molecule has 0 amide bonds. The highest BCUT2D eigenvalue weighted by molar-refractivity contribution is 7.99. The number of hydrogen-bond donors (Lipinski definition) is 3. The van der Waals surface area contributed by atoms with Crippen molar-refractivity contribution in [3.63, 3.8) is 0 Å². The minimum absolute atomic E-state index is 0.0662. The predicted octanol–water partition coefficient (Wildman–Crippen LogP) is -0.335. The lowest BCUT2D eigenvalue weighted by Gasteiger charge is -2.14. The molecule has 1 heterocycles. The summed E-state index contributed by atoms with van der Waals surface area (Å²) in [6, 6.07) is 0. The highest BCUT2D eigenvalue weighted by Gasteiger charge is 2.13. The zero-order valence-electron chi connectivity index (χ0n) is 9.69. The molecule has 8 heteroatoms. The first kappa shape index (κ1) is 13.5. The first-order chi connectivity index (χ1) is 7.93. The van der Waals surface area contributed by atoms with Crippen LogP contribution in [-0.4, -0.2) is 25.9 Å². The van der Waals surface area contributed by atoms with Crippen LogP contribution >= 0.6 is 11.8 Å². The summed E-state index contributed by atoms with van der Waals surface area (Å²) >= 11 is 1.33. The molecule has 17 heavy (non-hydrogen) atoms. The molecule has 94 valence electrons. The van der Waals surface area contributed by atoms with Gasteiger partial charge in [0.05, 0.1) is 5.84 Å². The summed E-state index contributed by atoms with van der Waals surface area (Å²) in [5, 5.41) is 10.1. The van der Waals surface area contributed by atoms with E-state index in [1.54, 1.807) is 7.05 Å². The van der Waals surface area contributed by atoms with Crippen LogP contribution in [0.3, 0.4) is 0 Å². The maximum absolute atomic E-state index is 11.1. The average Bonchev–Trinajstić information content (AvgIpc) is 2.24. The molecule has 0 saturated heterocycles. The highest BCUT2D eigenvalue weighted by Crippen LogP contribution is 2.23. The molecule has 1 rings (SSSR count). The summed E-state index contributed by atoms with van der Waals surface area (Å²) in [7, 11) is 1.61. The molecule has 0 aliphatic rings. The minimum Gasteiger partial charge on any atom is -0.388 e. The molecule has 7 nitrogen and oxygen atoms in total. The van der Waals surface area contributed by atoms with Crippen molar-refractivity contribution in [3.05, 3.63) is 20.7 Å². The zero-order chi connectivity index (χ0) is 13.0. The van der Waals surface area contributed by atoms with E-state index in [-0.39, 0.29) is 11.1 Å². The van der Waals surface area contributed by atoms with E-state index in [0.717, 1.165) is 6.42 Å². The van der Waals surface area contributed by atoms with Gasteiger partial charge in [-0.05, 0) is 6.42 Å². The number of nitrogens with one attached hydrogen (secondary N) is 2. The fourth-order valence-corrected chi connectivity index (χ4v) is 2.30. The second-order valence-corrected chi connectivity index (χ2v) is 4.84. The molecule has 0 spiro atoms. The number of thioether (sulfide) groups is 1. The van der Waals surface area contributed by atoms with Gasteiger partial charge in [0.1, 0.15) is 0 Å². The van der Waals surface area contributed by atoms with Crippen molar-refractivity contribution in [2.75, 3.05) is 0 Å². The number of nitrogens with zero attached hydrogens (tertiary/aromatic N) is 2. The molecule has 0 radical (unpaired) electrons. The number of aromatic amines is 1. The first-order valence-corrected chi connectivity index (χ1v) is 5.99. The Hall–Kier alpha value is -1.57. The van der Waals surface area contributed by atoms with Crippen LogP contribution in [0.15, 0.2) is 14.7 Å². The van der Waals surface area contributed by atoms with Gasteiger partial charge in [-0.1, -0.05) is 18.7 Å². The van der Waals surface area contributed by atoms with Crippen LogP contribution in [0.2, 0.25) is 0 Å². The van der Waals surface area contributed by atoms with Crippen LogP contribution in [0.4, 0.5) is 0 Å². The van der Waals surface area contributed by atoms with Crippen LogP contribution in [-0.2, 0) is 7.05 Å². The SMILES string of the molecule is CCC(CC(=N)N)Sc1nc(=O)c(=O)[nH]n1C. The van der Waals surface area contributed by atoms with Crippen molar-refractivity contribution in [1.29, 1.82) is 5.41 Å². The number of amidine groups is 1. The zero-order valence-corrected chi connectivity index (χ0v) is 10.5. The number of rotatable bonds is 5. The molecule has 0 aliphatic heterocycles. The van der Waals surface area contributed by atoms with E-state index in [1.807, 2.05) is 6.92 Å². The van der Waals surface area contributed by atoms with E-state index in [0.29, 0.717) is 11.6 Å². The lowest BCUT2D eigenvalue weighted by atomic mass is 10.2. The first-order valence-electron chi connectivity index (χ1n) is 5.11. The minimum atomic E-state index is -0.803. The molecule has 4 N–H and O–H groups in total. The summed E-state index contributed by atoms with van der Waals surface area (Å²) < 4.78 is 1.40. The van der Waals surface area contributed by atoms with Crippen LogP contribution < -0.4 is 16.9 Å². The van der Waals surface area contributed by atoms with Crippen molar-refractivity contribution in [2.45, 2.75) is 30.2 Å². The van der Waals surface area contributed by atoms with E-state index < -0.39 is 11.1 Å². The Kier molecular flexibility index (Phi) is 4.50. The molecule has 1 aromatic rings. The van der Waals surface area contributed by atoms with E-state index in [9.17, 15) is 9.59 Å². The van der Waals surface area contributed by atoms with E-state index >= 15 is 0 Å². The Bertz CT molecular complexity index is 521. The van der Waals surface area contributed by atoms with Crippen molar-refractivity contribution >= 4 is 17.6 Å². The van der Waals surface area contributed by atoms with Crippen molar-refractivity contribution < 1.29 is 0 Å². The van der Waals surface area contributed by atoms with Gasteiger partial charge in [0.15, 0.2) is 5.16 Å². The van der Waals surface area contributed by atoms with Gasteiger partial charge >= 0.3 is 11.1 Å². The third-order valence-corrected chi connectivity index (χ3v) is 3.53. The highest BCUT2D eigenvalue weighted by atomic mass is 32.2. The number of hydrogen-bond acceptors (Lipinski definition) is 5. The van der Waals surface area contributed by atoms with Gasteiger partial charge in [-0.25, -0.2) is 0 Å². The normalized spacial score (nSPS) is 12.4. The molecule has 1 aromatic heterocycles. The second kappa shape index (κ2) is 5.67. The molecule has 0 bridgehead atoms. The maximum Gasteiger partial charge on any atom is 0.339 e.